The van der Waals surface area contributed by atoms with Crippen LogP contribution in [0.5, 0.6) is 0 Å². The van der Waals surface area contributed by atoms with Crippen molar-refractivity contribution in [3.8, 4) is 0 Å². The summed E-state index contributed by atoms with van der Waals surface area (Å²) < 4.78 is 0. The molecule has 2 aliphatic rings. The maximum atomic E-state index is 10.9. The number of carbonyl (C=O) groups is 1. The molecule has 2 fully saturated rings. The number of hydrogen-bond acceptors (Lipinski definition) is 2. The second-order valence-corrected chi connectivity index (χ2v) is 4.73. The maximum Gasteiger partial charge on any atom is 0.219 e. The molecular weight excluding hydrogens is 178 g/mol. The summed E-state index contributed by atoms with van der Waals surface area (Å²) >= 11 is 0. The molecule has 1 spiro atoms. The van der Waals surface area contributed by atoms with Crippen LogP contribution in [0.4, 0.5) is 0 Å². The van der Waals surface area contributed by atoms with Crippen LogP contribution in [-0.4, -0.2) is 34.6 Å². The summed E-state index contributed by atoms with van der Waals surface area (Å²) in [6.07, 6.45) is 1.73. The maximum absolute atomic E-state index is 10.9. The second-order valence-electron chi connectivity index (χ2n) is 4.73. The fourth-order valence-electron chi connectivity index (χ4n) is 2.77. The average Bonchev–Trinajstić information content (AvgIpc) is 1.98. The Hall–Kier alpha value is -0.570. The minimum absolute atomic E-state index is 0.159. The highest BCUT2D eigenvalue weighted by molar-refractivity contribution is 5.74. The summed E-state index contributed by atoms with van der Waals surface area (Å²) in [6.45, 7) is 9.19. The van der Waals surface area contributed by atoms with Crippen molar-refractivity contribution in [1.82, 2.24) is 4.90 Å². The topological polar surface area (TPSA) is 40.5 Å². The number of rotatable bonds is 0. The third kappa shape index (κ3) is 1.92. The Morgan fingerprint density at radius 3 is 2.00 bits per heavy atom. The molecule has 0 aromatic heterocycles. The molecule has 1 aliphatic carbocycles. The van der Waals surface area contributed by atoms with E-state index in [0.717, 1.165) is 25.9 Å². The Morgan fingerprint density at radius 2 is 1.71 bits per heavy atom. The smallest absolute Gasteiger partial charge is 0.219 e. The van der Waals surface area contributed by atoms with Crippen LogP contribution in [-0.2, 0) is 4.79 Å². The second kappa shape index (κ2) is 3.54. The molecule has 0 radical (unpaired) electrons. The van der Waals surface area contributed by atoms with Crippen molar-refractivity contribution in [1.29, 1.82) is 0 Å². The van der Waals surface area contributed by atoms with Crippen molar-refractivity contribution < 1.29 is 9.90 Å². The highest BCUT2D eigenvalue weighted by atomic mass is 16.3. The van der Waals surface area contributed by atoms with Crippen LogP contribution in [0.25, 0.3) is 0 Å². The quantitative estimate of drug-likeness (QED) is 0.640. The molecule has 1 heterocycles. The first-order chi connectivity index (χ1) is 6.43. The molecule has 14 heavy (non-hydrogen) atoms. The average molecular weight is 199 g/mol. The molecule has 1 saturated heterocycles. The summed E-state index contributed by atoms with van der Waals surface area (Å²) in [6, 6.07) is 0. The molecule has 0 aromatic carbocycles. The van der Waals surface area contributed by atoms with Gasteiger partial charge in [-0.2, -0.15) is 0 Å². The van der Waals surface area contributed by atoms with Gasteiger partial charge in [0.15, 0.2) is 0 Å². The number of amides is 1. The first-order valence-corrected chi connectivity index (χ1v) is 5.41. The third-order valence-electron chi connectivity index (χ3n) is 3.01. The Kier molecular flexibility index (Phi) is 2.91. The van der Waals surface area contributed by atoms with Gasteiger partial charge in [0.2, 0.25) is 5.91 Å². The minimum Gasteiger partial charge on any atom is -0.390 e. The number of likely N-dealkylation sites (tertiary alicyclic amines) is 1. The molecule has 0 aromatic rings. The van der Waals surface area contributed by atoms with E-state index in [1.807, 2.05) is 25.7 Å². The zero-order chi connectivity index (χ0) is 11.0. The zero-order valence-corrected chi connectivity index (χ0v) is 9.63. The summed E-state index contributed by atoms with van der Waals surface area (Å²) in [5.74, 6) is 0.159. The van der Waals surface area contributed by atoms with E-state index in [9.17, 15) is 9.90 Å². The van der Waals surface area contributed by atoms with E-state index in [-0.39, 0.29) is 11.3 Å². The van der Waals surface area contributed by atoms with Gasteiger partial charge in [0, 0.05) is 25.4 Å². The van der Waals surface area contributed by atoms with Gasteiger partial charge in [-0.15, -0.1) is 0 Å². The van der Waals surface area contributed by atoms with Gasteiger partial charge in [-0.3, -0.25) is 4.79 Å². The fourth-order valence-corrected chi connectivity index (χ4v) is 2.77. The van der Waals surface area contributed by atoms with Crippen molar-refractivity contribution in [2.24, 2.45) is 5.41 Å². The van der Waals surface area contributed by atoms with Crippen molar-refractivity contribution in [3.63, 3.8) is 0 Å². The number of carbonyl (C=O) groups excluding carboxylic acids is 1. The number of nitrogens with zero attached hydrogens (tertiary/aromatic N) is 1. The third-order valence-corrected chi connectivity index (χ3v) is 3.01. The van der Waals surface area contributed by atoms with Crippen LogP contribution in [0.1, 0.15) is 40.5 Å². The molecule has 1 saturated carbocycles. The first-order valence-electron chi connectivity index (χ1n) is 5.41. The molecular formula is C11H21NO2. The van der Waals surface area contributed by atoms with Gasteiger partial charge in [-0.05, 0) is 19.8 Å². The van der Waals surface area contributed by atoms with Crippen LogP contribution in [0.15, 0.2) is 0 Å². The molecule has 3 nitrogen and oxygen atoms in total. The lowest BCUT2D eigenvalue weighted by atomic mass is 9.56. The molecule has 82 valence electrons. The Balaban J connectivity index is 0.000000461. The van der Waals surface area contributed by atoms with Crippen molar-refractivity contribution in [2.45, 2.75) is 46.1 Å². The van der Waals surface area contributed by atoms with Gasteiger partial charge in [0.25, 0.3) is 0 Å². The van der Waals surface area contributed by atoms with Gasteiger partial charge >= 0.3 is 0 Å². The van der Waals surface area contributed by atoms with Gasteiger partial charge in [0.1, 0.15) is 0 Å². The Morgan fingerprint density at radius 1 is 1.29 bits per heavy atom. The van der Waals surface area contributed by atoms with E-state index in [4.69, 9.17) is 0 Å². The normalized spacial score (nSPS) is 25.6. The lowest BCUT2D eigenvalue weighted by Gasteiger charge is -2.61. The molecule has 1 aliphatic heterocycles. The fraction of sp³-hybridized carbons (Fsp3) is 0.909. The molecule has 0 unspecified atom stereocenters. The standard InChI is InChI=1S/C9H15NO2.C2H6/c1-7(11)10-5-9(6-10)3-8(2,12)4-9;1-2/h12H,3-6H2,1-2H3;1-2H3. The largest absolute Gasteiger partial charge is 0.390 e. The van der Waals surface area contributed by atoms with Gasteiger partial charge in [-0.25, -0.2) is 0 Å². The Labute approximate surface area is 86.1 Å². The van der Waals surface area contributed by atoms with E-state index in [2.05, 4.69) is 0 Å². The molecule has 0 atom stereocenters. The predicted octanol–water partition coefficient (Wildman–Crippen LogP) is 1.41. The molecule has 1 amide bonds. The summed E-state index contributed by atoms with van der Waals surface area (Å²) in [7, 11) is 0. The molecule has 3 heteroatoms. The van der Waals surface area contributed by atoms with Gasteiger partial charge < -0.3 is 10.0 Å². The summed E-state index contributed by atoms with van der Waals surface area (Å²) in [5.41, 5.74) is -0.169. The predicted molar refractivity (Wildman–Crippen MR) is 55.9 cm³/mol. The number of hydrogen-bond donors (Lipinski definition) is 1. The molecule has 1 N–H and O–H groups in total. The van der Waals surface area contributed by atoms with E-state index in [0.29, 0.717) is 0 Å². The molecule has 2 rings (SSSR count). The highest BCUT2D eigenvalue weighted by Gasteiger charge is 2.57. The highest BCUT2D eigenvalue weighted by Crippen LogP contribution is 2.53. The lowest BCUT2D eigenvalue weighted by Crippen LogP contribution is -2.67. The minimum atomic E-state index is -0.455. The van der Waals surface area contributed by atoms with Gasteiger partial charge in [0.05, 0.1) is 5.60 Å². The van der Waals surface area contributed by atoms with E-state index >= 15 is 0 Å². The first kappa shape index (κ1) is 11.5. The van der Waals surface area contributed by atoms with Crippen LogP contribution >= 0.6 is 0 Å². The monoisotopic (exact) mass is 199 g/mol. The SMILES string of the molecule is CC.CC(=O)N1CC2(C1)CC(C)(O)C2. The summed E-state index contributed by atoms with van der Waals surface area (Å²) in [5, 5.41) is 9.54. The van der Waals surface area contributed by atoms with Crippen LogP contribution in [0.2, 0.25) is 0 Å². The van der Waals surface area contributed by atoms with Crippen LogP contribution < -0.4 is 0 Å². The van der Waals surface area contributed by atoms with Crippen molar-refractivity contribution >= 4 is 5.91 Å². The van der Waals surface area contributed by atoms with E-state index in [1.54, 1.807) is 6.92 Å². The number of aliphatic hydroxyl groups is 1. The Bertz CT molecular complexity index is 219. The summed E-state index contributed by atoms with van der Waals surface area (Å²) in [4.78, 5) is 12.7. The van der Waals surface area contributed by atoms with Crippen molar-refractivity contribution in [3.05, 3.63) is 0 Å². The van der Waals surface area contributed by atoms with E-state index in [1.165, 1.54) is 0 Å². The van der Waals surface area contributed by atoms with Crippen LogP contribution in [0.3, 0.4) is 0 Å². The van der Waals surface area contributed by atoms with Crippen LogP contribution in [0, 0.1) is 5.41 Å². The van der Waals surface area contributed by atoms with Crippen molar-refractivity contribution in [2.75, 3.05) is 13.1 Å². The lowest BCUT2D eigenvalue weighted by molar-refractivity contribution is -0.187. The molecule has 0 bridgehead atoms. The van der Waals surface area contributed by atoms with E-state index < -0.39 is 5.60 Å². The van der Waals surface area contributed by atoms with Gasteiger partial charge in [-0.1, -0.05) is 13.8 Å². The zero-order valence-electron chi connectivity index (χ0n) is 9.63.